The summed E-state index contributed by atoms with van der Waals surface area (Å²) in [6.45, 7) is 5.69. The number of rotatable bonds is 14. The van der Waals surface area contributed by atoms with Gasteiger partial charge >= 0.3 is 0 Å². The lowest BCUT2D eigenvalue weighted by Crippen LogP contribution is -2.56. The first kappa shape index (κ1) is 29.4. The molecule has 3 atom stereocenters. The molecule has 37 heavy (non-hydrogen) atoms. The number of phenols is 2. The molecule has 0 aromatic heterocycles. The number of nitrogens with one attached hydrogen (secondary N) is 3. The van der Waals surface area contributed by atoms with Crippen molar-refractivity contribution in [2.45, 2.75) is 71.0 Å². The van der Waals surface area contributed by atoms with E-state index < -0.39 is 29.9 Å². The summed E-state index contributed by atoms with van der Waals surface area (Å²) in [5.74, 6) is -1.04. The Balaban J connectivity index is 2.15. The number of benzene rings is 2. The average Bonchev–Trinajstić information content (AvgIpc) is 2.85. The first-order valence-corrected chi connectivity index (χ1v) is 12.5. The van der Waals surface area contributed by atoms with Crippen molar-refractivity contribution in [1.29, 1.82) is 0 Å². The number of aldehydes is 1. The Hall–Kier alpha value is -3.88. The van der Waals surface area contributed by atoms with Crippen molar-refractivity contribution in [3.63, 3.8) is 0 Å². The summed E-state index contributed by atoms with van der Waals surface area (Å²) in [6, 6.07) is 10.0. The molecule has 5 N–H and O–H groups in total. The van der Waals surface area contributed by atoms with Crippen LogP contribution in [0.25, 0.3) is 0 Å². The highest BCUT2D eigenvalue weighted by atomic mass is 16.3. The quantitative estimate of drug-likeness (QED) is 0.246. The lowest BCUT2D eigenvalue weighted by Gasteiger charge is -2.25. The van der Waals surface area contributed by atoms with Crippen LogP contribution in [0.2, 0.25) is 0 Å². The van der Waals surface area contributed by atoms with Gasteiger partial charge in [-0.25, -0.2) is 0 Å². The van der Waals surface area contributed by atoms with Crippen molar-refractivity contribution in [2.75, 3.05) is 0 Å². The lowest BCUT2D eigenvalue weighted by atomic mass is 10.00. The molecule has 3 amide bonds. The zero-order valence-electron chi connectivity index (χ0n) is 21.6. The summed E-state index contributed by atoms with van der Waals surface area (Å²) in [5, 5.41) is 27.2. The van der Waals surface area contributed by atoms with E-state index in [1.54, 1.807) is 24.3 Å². The second-order valence-electron chi connectivity index (χ2n) is 9.55. The summed E-state index contributed by atoms with van der Waals surface area (Å²) in [6.07, 6.45) is 2.25. The van der Waals surface area contributed by atoms with Crippen LogP contribution in [0.15, 0.2) is 48.5 Å². The number of amides is 3. The number of phenolic OH excluding ortho intramolecular Hbond substituents is 2. The van der Waals surface area contributed by atoms with Crippen molar-refractivity contribution in [3.8, 4) is 11.5 Å². The van der Waals surface area contributed by atoms with Crippen LogP contribution in [-0.4, -0.2) is 52.3 Å². The van der Waals surface area contributed by atoms with E-state index in [9.17, 15) is 29.4 Å². The van der Waals surface area contributed by atoms with Crippen molar-refractivity contribution < 1.29 is 29.4 Å². The fourth-order valence-corrected chi connectivity index (χ4v) is 3.85. The van der Waals surface area contributed by atoms with Gasteiger partial charge in [0.05, 0.1) is 6.04 Å². The Morgan fingerprint density at radius 3 is 1.78 bits per heavy atom. The zero-order chi connectivity index (χ0) is 27.4. The number of aromatic hydroxyl groups is 2. The highest BCUT2D eigenvalue weighted by Crippen LogP contribution is 2.14. The minimum absolute atomic E-state index is 0.0630. The number of hydrogen-bond donors (Lipinski definition) is 5. The minimum atomic E-state index is -0.926. The molecule has 0 unspecified atom stereocenters. The second kappa shape index (κ2) is 14.6. The molecule has 9 heteroatoms. The van der Waals surface area contributed by atoms with Crippen molar-refractivity contribution >= 4 is 24.0 Å². The normalized spacial score (nSPS) is 13.3. The standard InChI is InChI=1S/C28H37N3O6/c1-4-5-26(35)30-25(16-20-8-12-23(34)13-9-20)28(37)31-24(14-18(2)3)27(36)29-21(17-32)15-19-6-10-22(33)11-7-19/h6-13,17-18,21,24-25,33-34H,4-5,14-16H2,1-3H3,(H,29,36)(H,30,35)(H,31,37)/t21-,24-,25-/m0/s1. The molecule has 0 fully saturated rings. The third kappa shape index (κ3) is 10.3. The maximum atomic E-state index is 13.3. The first-order chi connectivity index (χ1) is 17.6. The average molecular weight is 512 g/mol. The van der Waals surface area contributed by atoms with Gasteiger partial charge in [0.15, 0.2) is 0 Å². The maximum absolute atomic E-state index is 13.3. The molecule has 0 saturated heterocycles. The van der Waals surface area contributed by atoms with Crippen LogP contribution >= 0.6 is 0 Å². The minimum Gasteiger partial charge on any atom is -0.508 e. The van der Waals surface area contributed by atoms with Crippen molar-refractivity contribution in [3.05, 3.63) is 59.7 Å². The van der Waals surface area contributed by atoms with Gasteiger partial charge in [-0.1, -0.05) is 45.0 Å². The van der Waals surface area contributed by atoms with E-state index in [1.807, 2.05) is 20.8 Å². The van der Waals surface area contributed by atoms with E-state index in [-0.39, 0.29) is 42.6 Å². The molecule has 2 aromatic carbocycles. The van der Waals surface area contributed by atoms with Gasteiger partial charge in [0.1, 0.15) is 29.9 Å². The zero-order valence-corrected chi connectivity index (χ0v) is 21.6. The third-order valence-electron chi connectivity index (χ3n) is 5.73. The molecule has 0 saturated carbocycles. The molecule has 0 aliphatic rings. The van der Waals surface area contributed by atoms with Crippen LogP contribution in [0, 0.1) is 5.92 Å². The molecular weight excluding hydrogens is 474 g/mol. The van der Waals surface area contributed by atoms with E-state index in [0.29, 0.717) is 19.1 Å². The van der Waals surface area contributed by atoms with Gasteiger partial charge in [0, 0.05) is 12.8 Å². The highest BCUT2D eigenvalue weighted by molar-refractivity contribution is 5.93. The Morgan fingerprint density at radius 1 is 0.784 bits per heavy atom. The fourth-order valence-electron chi connectivity index (χ4n) is 3.85. The Labute approximate surface area is 217 Å². The third-order valence-corrected chi connectivity index (χ3v) is 5.73. The van der Waals surface area contributed by atoms with Crippen LogP contribution in [-0.2, 0) is 32.0 Å². The molecule has 2 aromatic rings. The van der Waals surface area contributed by atoms with Crippen LogP contribution < -0.4 is 16.0 Å². The molecule has 0 aliphatic heterocycles. The van der Waals surface area contributed by atoms with Gasteiger partial charge in [-0.3, -0.25) is 14.4 Å². The summed E-state index contributed by atoms with van der Waals surface area (Å²) in [4.78, 5) is 50.4. The lowest BCUT2D eigenvalue weighted by molar-refractivity contribution is -0.133. The van der Waals surface area contributed by atoms with E-state index >= 15 is 0 Å². The van der Waals surface area contributed by atoms with Crippen LogP contribution in [0.1, 0.15) is 51.2 Å². The van der Waals surface area contributed by atoms with E-state index in [1.165, 1.54) is 24.3 Å². The topological polar surface area (TPSA) is 145 Å². The van der Waals surface area contributed by atoms with Gasteiger partial charge in [-0.15, -0.1) is 0 Å². The Bertz CT molecular complexity index is 1040. The van der Waals surface area contributed by atoms with Crippen LogP contribution in [0.3, 0.4) is 0 Å². The fraction of sp³-hybridized carbons (Fsp3) is 0.429. The second-order valence-corrected chi connectivity index (χ2v) is 9.55. The Morgan fingerprint density at radius 2 is 1.30 bits per heavy atom. The van der Waals surface area contributed by atoms with Gasteiger partial charge in [-0.05, 0) is 60.6 Å². The molecule has 0 spiro atoms. The SMILES string of the molecule is CCCC(=O)N[C@@H](Cc1ccc(O)cc1)C(=O)N[C@@H](CC(C)C)C(=O)N[C@H](C=O)Cc1ccc(O)cc1. The van der Waals surface area contributed by atoms with Gasteiger partial charge in [0.2, 0.25) is 17.7 Å². The van der Waals surface area contributed by atoms with Gasteiger partial charge in [0.25, 0.3) is 0 Å². The molecule has 2 rings (SSSR count). The molecule has 200 valence electrons. The molecule has 0 radical (unpaired) electrons. The van der Waals surface area contributed by atoms with E-state index in [4.69, 9.17) is 0 Å². The van der Waals surface area contributed by atoms with Gasteiger partial charge < -0.3 is 31.0 Å². The molecular formula is C28H37N3O6. The van der Waals surface area contributed by atoms with Crippen molar-refractivity contribution in [2.24, 2.45) is 5.92 Å². The maximum Gasteiger partial charge on any atom is 0.243 e. The monoisotopic (exact) mass is 511 g/mol. The number of hydrogen-bond acceptors (Lipinski definition) is 6. The largest absolute Gasteiger partial charge is 0.508 e. The van der Waals surface area contributed by atoms with Crippen LogP contribution in [0.4, 0.5) is 0 Å². The smallest absolute Gasteiger partial charge is 0.243 e. The highest BCUT2D eigenvalue weighted by Gasteiger charge is 2.28. The molecule has 0 aliphatic carbocycles. The first-order valence-electron chi connectivity index (χ1n) is 12.5. The van der Waals surface area contributed by atoms with Crippen LogP contribution in [0.5, 0.6) is 11.5 Å². The molecule has 0 heterocycles. The van der Waals surface area contributed by atoms with Gasteiger partial charge in [-0.2, -0.15) is 0 Å². The predicted octanol–water partition coefficient (Wildman–Crippen LogP) is 2.38. The van der Waals surface area contributed by atoms with E-state index in [2.05, 4.69) is 16.0 Å². The molecule has 9 nitrogen and oxygen atoms in total. The predicted molar refractivity (Wildman–Crippen MR) is 140 cm³/mol. The summed E-state index contributed by atoms with van der Waals surface area (Å²) in [7, 11) is 0. The Kier molecular flexibility index (Phi) is 11.6. The summed E-state index contributed by atoms with van der Waals surface area (Å²) < 4.78 is 0. The molecule has 0 bridgehead atoms. The number of carbonyl (C=O) groups excluding carboxylic acids is 4. The van der Waals surface area contributed by atoms with E-state index in [0.717, 1.165) is 11.1 Å². The number of carbonyl (C=O) groups is 4. The summed E-state index contributed by atoms with van der Waals surface area (Å²) in [5.41, 5.74) is 1.49. The summed E-state index contributed by atoms with van der Waals surface area (Å²) >= 11 is 0. The van der Waals surface area contributed by atoms with Crippen molar-refractivity contribution in [1.82, 2.24) is 16.0 Å².